The lowest BCUT2D eigenvalue weighted by atomic mass is 9.90. The molecule has 1 saturated heterocycles. The number of hydrogen-bond donors (Lipinski definition) is 1. The van der Waals surface area contributed by atoms with E-state index in [-0.39, 0.29) is 11.7 Å². The summed E-state index contributed by atoms with van der Waals surface area (Å²) in [6.45, 7) is 1.06. The highest BCUT2D eigenvalue weighted by Crippen LogP contribution is 2.39. The standard InChI is InChI=1S/C17H19FN4O/c1-19-16(23)17(15-11-20-8-9-21-15)7-4-10-22(17)12-13-5-2-3-6-14(13)18/h2-3,5-6,8-9,11H,4,7,10,12H2,1H3,(H,19,23)/t17-/m1/s1. The molecule has 0 saturated carbocycles. The third kappa shape index (κ3) is 2.70. The second kappa shape index (κ2) is 6.42. The van der Waals surface area contributed by atoms with Gasteiger partial charge in [0, 0.05) is 31.5 Å². The van der Waals surface area contributed by atoms with Gasteiger partial charge in [0.15, 0.2) is 0 Å². The second-order valence-electron chi connectivity index (χ2n) is 5.65. The van der Waals surface area contributed by atoms with Gasteiger partial charge in [0.1, 0.15) is 11.4 Å². The number of aromatic nitrogens is 2. The largest absolute Gasteiger partial charge is 0.357 e. The van der Waals surface area contributed by atoms with Gasteiger partial charge in [-0.25, -0.2) is 4.39 Å². The summed E-state index contributed by atoms with van der Waals surface area (Å²) in [7, 11) is 1.61. The minimum atomic E-state index is -0.898. The zero-order chi connectivity index (χ0) is 16.3. The molecule has 1 N–H and O–H groups in total. The zero-order valence-corrected chi connectivity index (χ0v) is 13.0. The number of likely N-dealkylation sites (N-methyl/N-ethyl adjacent to an activating group) is 1. The summed E-state index contributed by atoms with van der Waals surface area (Å²) < 4.78 is 14.0. The van der Waals surface area contributed by atoms with E-state index in [1.165, 1.54) is 6.07 Å². The Morgan fingerprint density at radius 2 is 2.22 bits per heavy atom. The summed E-state index contributed by atoms with van der Waals surface area (Å²) in [5.41, 5.74) is 0.283. The lowest BCUT2D eigenvalue weighted by Gasteiger charge is -2.36. The molecule has 1 aromatic heterocycles. The maximum atomic E-state index is 14.0. The molecule has 5 nitrogen and oxygen atoms in total. The number of carbonyl (C=O) groups is 1. The van der Waals surface area contributed by atoms with E-state index in [9.17, 15) is 9.18 Å². The molecule has 2 aromatic rings. The Hall–Kier alpha value is -2.34. The normalized spacial score (nSPS) is 21.3. The molecular weight excluding hydrogens is 295 g/mol. The molecule has 1 aliphatic rings. The van der Waals surface area contributed by atoms with Crippen LogP contribution >= 0.6 is 0 Å². The number of halogens is 1. The number of hydrogen-bond acceptors (Lipinski definition) is 4. The van der Waals surface area contributed by atoms with Crippen molar-refractivity contribution in [3.8, 4) is 0 Å². The molecule has 1 amide bonds. The van der Waals surface area contributed by atoms with Gasteiger partial charge in [0.25, 0.3) is 0 Å². The molecule has 3 rings (SSSR count). The van der Waals surface area contributed by atoms with Crippen LogP contribution in [0.2, 0.25) is 0 Å². The predicted molar refractivity (Wildman–Crippen MR) is 83.8 cm³/mol. The van der Waals surface area contributed by atoms with Crippen LogP contribution in [0.5, 0.6) is 0 Å². The van der Waals surface area contributed by atoms with Crippen LogP contribution in [0.3, 0.4) is 0 Å². The summed E-state index contributed by atoms with van der Waals surface area (Å²) in [5.74, 6) is -0.392. The maximum absolute atomic E-state index is 14.0. The monoisotopic (exact) mass is 314 g/mol. The van der Waals surface area contributed by atoms with Gasteiger partial charge in [0.05, 0.1) is 11.9 Å². The minimum absolute atomic E-state index is 0.133. The van der Waals surface area contributed by atoms with E-state index < -0.39 is 5.54 Å². The second-order valence-corrected chi connectivity index (χ2v) is 5.65. The van der Waals surface area contributed by atoms with Crippen molar-refractivity contribution in [1.29, 1.82) is 0 Å². The van der Waals surface area contributed by atoms with E-state index in [1.54, 1.807) is 43.8 Å². The highest BCUT2D eigenvalue weighted by molar-refractivity contribution is 5.87. The Labute approximate surface area is 134 Å². The van der Waals surface area contributed by atoms with Gasteiger partial charge in [-0.15, -0.1) is 0 Å². The topological polar surface area (TPSA) is 58.1 Å². The highest BCUT2D eigenvalue weighted by Gasteiger charge is 2.49. The summed E-state index contributed by atoms with van der Waals surface area (Å²) in [4.78, 5) is 23.2. The van der Waals surface area contributed by atoms with E-state index in [1.807, 2.05) is 4.90 Å². The van der Waals surface area contributed by atoms with E-state index in [4.69, 9.17) is 0 Å². The van der Waals surface area contributed by atoms with Crippen molar-refractivity contribution in [3.63, 3.8) is 0 Å². The number of likely N-dealkylation sites (tertiary alicyclic amines) is 1. The minimum Gasteiger partial charge on any atom is -0.357 e. The summed E-state index contributed by atoms with van der Waals surface area (Å²) in [6, 6.07) is 6.66. The number of benzene rings is 1. The lowest BCUT2D eigenvalue weighted by molar-refractivity contribution is -0.132. The summed E-state index contributed by atoms with van der Waals surface area (Å²) in [5, 5.41) is 2.73. The summed E-state index contributed by atoms with van der Waals surface area (Å²) >= 11 is 0. The van der Waals surface area contributed by atoms with Crippen LogP contribution in [-0.4, -0.2) is 34.4 Å². The van der Waals surface area contributed by atoms with Crippen molar-refractivity contribution in [2.75, 3.05) is 13.6 Å². The fourth-order valence-corrected chi connectivity index (χ4v) is 3.30. The van der Waals surface area contributed by atoms with E-state index in [0.717, 1.165) is 6.42 Å². The van der Waals surface area contributed by atoms with Crippen LogP contribution in [0.1, 0.15) is 24.1 Å². The first-order valence-corrected chi connectivity index (χ1v) is 7.65. The zero-order valence-electron chi connectivity index (χ0n) is 13.0. The molecule has 0 spiro atoms. The quantitative estimate of drug-likeness (QED) is 0.936. The van der Waals surface area contributed by atoms with Crippen molar-refractivity contribution >= 4 is 5.91 Å². The fourth-order valence-electron chi connectivity index (χ4n) is 3.30. The number of amides is 1. The predicted octanol–water partition coefficient (Wildman–Crippen LogP) is 1.85. The molecule has 0 radical (unpaired) electrons. The molecule has 2 heterocycles. The first-order chi connectivity index (χ1) is 11.2. The average Bonchev–Trinajstić information content (AvgIpc) is 3.01. The van der Waals surface area contributed by atoms with Crippen molar-refractivity contribution in [1.82, 2.24) is 20.2 Å². The van der Waals surface area contributed by atoms with Gasteiger partial charge < -0.3 is 5.32 Å². The van der Waals surface area contributed by atoms with E-state index in [2.05, 4.69) is 15.3 Å². The first kappa shape index (κ1) is 15.6. The Morgan fingerprint density at radius 3 is 2.91 bits per heavy atom. The Bertz CT molecular complexity index is 694. The van der Waals surface area contributed by atoms with Crippen LogP contribution in [0, 0.1) is 5.82 Å². The molecule has 120 valence electrons. The SMILES string of the molecule is CNC(=O)[C@]1(c2cnccn2)CCCN1Cc1ccccc1F. The van der Waals surface area contributed by atoms with Crippen molar-refractivity contribution < 1.29 is 9.18 Å². The van der Waals surface area contributed by atoms with Gasteiger partial charge in [-0.1, -0.05) is 18.2 Å². The molecule has 23 heavy (non-hydrogen) atoms. The maximum Gasteiger partial charge on any atom is 0.246 e. The lowest BCUT2D eigenvalue weighted by Crippen LogP contribution is -2.52. The Morgan fingerprint density at radius 1 is 1.39 bits per heavy atom. The van der Waals surface area contributed by atoms with Crippen LogP contribution in [0.25, 0.3) is 0 Å². The van der Waals surface area contributed by atoms with Crippen molar-refractivity contribution in [3.05, 3.63) is 59.9 Å². The number of nitrogens with one attached hydrogen (secondary N) is 1. The van der Waals surface area contributed by atoms with Gasteiger partial charge >= 0.3 is 0 Å². The molecule has 1 aromatic carbocycles. The van der Waals surface area contributed by atoms with Gasteiger partial charge in [-0.05, 0) is 25.5 Å². The van der Waals surface area contributed by atoms with Crippen molar-refractivity contribution in [2.45, 2.75) is 24.9 Å². The third-order valence-corrected chi connectivity index (χ3v) is 4.42. The van der Waals surface area contributed by atoms with Crippen LogP contribution in [-0.2, 0) is 16.9 Å². The first-order valence-electron chi connectivity index (χ1n) is 7.65. The number of carbonyl (C=O) groups excluding carboxylic acids is 1. The molecule has 1 atom stereocenters. The molecular formula is C17H19FN4O. The Balaban J connectivity index is 2.01. The number of nitrogens with zero attached hydrogens (tertiary/aromatic N) is 3. The number of rotatable bonds is 4. The van der Waals surface area contributed by atoms with Gasteiger partial charge in [-0.2, -0.15) is 0 Å². The Kier molecular flexibility index (Phi) is 4.34. The van der Waals surface area contributed by atoms with Gasteiger partial charge in [0.2, 0.25) is 5.91 Å². The van der Waals surface area contributed by atoms with Gasteiger partial charge in [-0.3, -0.25) is 19.7 Å². The van der Waals surface area contributed by atoms with E-state index in [0.29, 0.717) is 30.8 Å². The van der Waals surface area contributed by atoms with Crippen LogP contribution in [0.15, 0.2) is 42.9 Å². The van der Waals surface area contributed by atoms with Crippen LogP contribution in [0.4, 0.5) is 4.39 Å². The molecule has 6 heteroatoms. The van der Waals surface area contributed by atoms with Crippen molar-refractivity contribution in [2.24, 2.45) is 0 Å². The highest BCUT2D eigenvalue weighted by atomic mass is 19.1. The molecule has 0 unspecified atom stereocenters. The summed E-state index contributed by atoms with van der Waals surface area (Å²) in [6.07, 6.45) is 6.27. The molecule has 1 aliphatic heterocycles. The molecule has 1 fully saturated rings. The molecule has 0 bridgehead atoms. The molecule has 0 aliphatic carbocycles. The third-order valence-electron chi connectivity index (χ3n) is 4.42. The fraction of sp³-hybridized carbons (Fsp3) is 0.353. The van der Waals surface area contributed by atoms with Crippen LogP contribution < -0.4 is 5.32 Å². The average molecular weight is 314 g/mol. The smallest absolute Gasteiger partial charge is 0.246 e. The van der Waals surface area contributed by atoms with E-state index >= 15 is 0 Å².